The normalized spacial score (nSPS) is 19.4. The fourth-order valence-corrected chi connectivity index (χ4v) is 2.23. The van der Waals surface area contributed by atoms with Gasteiger partial charge in [-0.25, -0.2) is 0 Å². The summed E-state index contributed by atoms with van der Waals surface area (Å²) in [6.07, 6.45) is 7.59. The number of benzene rings is 1. The Morgan fingerprint density at radius 3 is 3.06 bits per heavy atom. The topological polar surface area (TPSA) is 9.23 Å². The molecule has 86 valence electrons. The third kappa shape index (κ3) is 2.79. The summed E-state index contributed by atoms with van der Waals surface area (Å²) in [6, 6.07) is 8.35. The van der Waals surface area contributed by atoms with Crippen molar-refractivity contribution >= 4 is 11.6 Å². The molecule has 0 bridgehead atoms. The van der Waals surface area contributed by atoms with Crippen LogP contribution in [0.1, 0.15) is 30.7 Å². The number of para-hydroxylation sites is 1. The molecule has 0 amide bonds. The fourth-order valence-electron chi connectivity index (χ4n) is 2.10. The monoisotopic (exact) mass is 236 g/mol. The Labute approximate surface area is 102 Å². The van der Waals surface area contributed by atoms with Crippen molar-refractivity contribution in [3.63, 3.8) is 0 Å². The molecule has 0 saturated heterocycles. The Morgan fingerprint density at radius 1 is 1.31 bits per heavy atom. The summed E-state index contributed by atoms with van der Waals surface area (Å²) < 4.78 is 5.64. The Balaban J connectivity index is 2.01. The lowest BCUT2D eigenvalue weighted by Crippen LogP contribution is -2.13. The number of fused-ring (bicyclic) bond motifs is 1. The van der Waals surface area contributed by atoms with Crippen LogP contribution in [0.3, 0.4) is 0 Å². The number of alkyl halides is 1. The van der Waals surface area contributed by atoms with E-state index >= 15 is 0 Å². The van der Waals surface area contributed by atoms with Gasteiger partial charge in [-0.15, -0.1) is 11.6 Å². The summed E-state index contributed by atoms with van der Waals surface area (Å²) in [6.45, 7) is 0.838. The van der Waals surface area contributed by atoms with Gasteiger partial charge in [-0.1, -0.05) is 30.4 Å². The van der Waals surface area contributed by atoms with Crippen LogP contribution < -0.4 is 4.74 Å². The molecular weight excluding hydrogens is 220 g/mol. The van der Waals surface area contributed by atoms with Gasteiger partial charge in [0.1, 0.15) is 5.75 Å². The highest BCUT2D eigenvalue weighted by atomic mass is 35.5. The second kappa shape index (κ2) is 5.95. The molecule has 1 unspecified atom stereocenters. The molecule has 0 saturated carbocycles. The number of hydrogen-bond donors (Lipinski definition) is 0. The van der Waals surface area contributed by atoms with Crippen LogP contribution in [0.25, 0.3) is 0 Å². The first-order valence-corrected chi connectivity index (χ1v) is 6.38. The molecule has 0 aromatic heterocycles. The second-order valence-corrected chi connectivity index (χ2v) is 4.43. The maximum absolute atomic E-state index is 5.64. The van der Waals surface area contributed by atoms with Crippen LogP contribution in [-0.4, -0.2) is 12.5 Å². The molecule has 1 aliphatic heterocycles. The number of ether oxygens (including phenoxy) is 1. The molecule has 0 radical (unpaired) electrons. The van der Waals surface area contributed by atoms with E-state index in [-0.39, 0.29) is 0 Å². The van der Waals surface area contributed by atoms with E-state index in [2.05, 4.69) is 30.4 Å². The molecule has 1 aromatic rings. The fraction of sp³-hybridized carbons (Fsp3) is 0.429. The van der Waals surface area contributed by atoms with Crippen molar-refractivity contribution in [1.29, 1.82) is 0 Å². The summed E-state index contributed by atoms with van der Waals surface area (Å²) in [5.41, 5.74) is 1.35. The molecule has 0 fully saturated rings. The number of halogens is 1. The van der Waals surface area contributed by atoms with Gasteiger partial charge >= 0.3 is 0 Å². The Kier molecular flexibility index (Phi) is 4.29. The molecule has 0 N–H and O–H groups in total. The highest BCUT2D eigenvalue weighted by Gasteiger charge is 2.19. The van der Waals surface area contributed by atoms with Crippen LogP contribution in [0.4, 0.5) is 0 Å². The lowest BCUT2D eigenvalue weighted by atomic mass is 9.90. The second-order valence-electron chi connectivity index (χ2n) is 4.06. The summed E-state index contributed by atoms with van der Waals surface area (Å²) in [5.74, 6) is 2.38. The van der Waals surface area contributed by atoms with Gasteiger partial charge < -0.3 is 4.74 Å². The molecule has 2 rings (SSSR count). The molecular formula is C14H17ClO. The third-order valence-corrected chi connectivity index (χ3v) is 3.16. The maximum Gasteiger partial charge on any atom is 0.122 e. The Hall–Kier alpha value is -0.950. The van der Waals surface area contributed by atoms with Crippen molar-refractivity contribution in [1.82, 2.24) is 0 Å². The van der Waals surface area contributed by atoms with E-state index in [9.17, 15) is 0 Å². The van der Waals surface area contributed by atoms with E-state index in [4.69, 9.17) is 16.3 Å². The lowest BCUT2D eigenvalue weighted by Gasteiger charge is -2.24. The van der Waals surface area contributed by atoms with Gasteiger partial charge in [-0.2, -0.15) is 0 Å². The standard InChI is InChI=1S/C14H17ClO/c15-10-5-1-2-6-12-9-11-16-14-8-4-3-7-13(12)14/h1-4,7-8,12H,5-6,9-11H2/b2-1+. The van der Waals surface area contributed by atoms with Crippen molar-refractivity contribution < 1.29 is 4.74 Å². The molecule has 1 heterocycles. The number of allylic oxidation sites excluding steroid dienone is 2. The SMILES string of the molecule is ClCC/C=C/CC1CCOc2ccccc21. The highest BCUT2D eigenvalue weighted by Crippen LogP contribution is 2.35. The summed E-state index contributed by atoms with van der Waals surface area (Å²) in [7, 11) is 0. The van der Waals surface area contributed by atoms with Crippen molar-refractivity contribution in [2.75, 3.05) is 12.5 Å². The summed E-state index contributed by atoms with van der Waals surface area (Å²) in [4.78, 5) is 0. The van der Waals surface area contributed by atoms with Gasteiger partial charge in [0.25, 0.3) is 0 Å². The molecule has 1 nitrogen and oxygen atoms in total. The van der Waals surface area contributed by atoms with Crippen molar-refractivity contribution in [3.05, 3.63) is 42.0 Å². The van der Waals surface area contributed by atoms with Gasteiger partial charge in [0.15, 0.2) is 0 Å². The molecule has 1 aliphatic rings. The van der Waals surface area contributed by atoms with Gasteiger partial charge in [0.05, 0.1) is 6.61 Å². The number of hydrogen-bond acceptors (Lipinski definition) is 1. The van der Waals surface area contributed by atoms with E-state index in [0.717, 1.165) is 31.6 Å². The minimum Gasteiger partial charge on any atom is -0.493 e. The molecule has 1 atom stereocenters. The largest absolute Gasteiger partial charge is 0.493 e. The zero-order chi connectivity index (χ0) is 11.2. The van der Waals surface area contributed by atoms with Crippen LogP contribution in [-0.2, 0) is 0 Å². The molecule has 1 aromatic carbocycles. The first-order valence-electron chi connectivity index (χ1n) is 5.84. The van der Waals surface area contributed by atoms with Crippen molar-refractivity contribution in [2.24, 2.45) is 0 Å². The molecule has 0 aliphatic carbocycles. The van der Waals surface area contributed by atoms with Crippen molar-refractivity contribution in [2.45, 2.75) is 25.2 Å². The first kappa shape index (κ1) is 11.5. The van der Waals surface area contributed by atoms with E-state index < -0.39 is 0 Å². The third-order valence-electron chi connectivity index (χ3n) is 2.95. The summed E-state index contributed by atoms with van der Waals surface area (Å²) in [5, 5.41) is 0. The molecule has 2 heteroatoms. The van der Waals surface area contributed by atoms with Gasteiger partial charge in [0.2, 0.25) is 0 Å². The zero-order valence-corrected chi connectivity index (χ0v) is 10.1. The van der Waals surface area contributed by atoms with Gasteiger partial charge in [-0.3, -0.25) is 0 Å². The maximum atomic E-state index is 5.64. The minimum absolute atomic E-state index is 0.608. The molecule has 0 spiro atoms. The average molecular weight is 237 g/mol. The van der Waals surface area contributed by atoms with Crippen molar-refractivity contribution in [3.8, 4) is 5.75 Å². The van der Waals surface area contributed by atoms with Gasteiger partial charge in [-0.05, 0) is 36.8 Å². The summed E-state index contributed by atoms with van der Waals surface area (Å²) >= 11 is 5.63. The van der Waals surface area contributed by atoms with Crippen LogP contribution in [0.2, 0.25) is 0 Å². The number of rotatable bonds is 4. The zero-order valence-electron chi connectivity index (χ0n) is 9.36. The predicted molar refractivity (Wildman–Crippen MR) is 68.4 cm³/mol. The Morgan fingerprint density at radius 2 is 2.19 bits per heavy atom. The Bertz CT molecular complexity index is 360. The van der Waals surface area contributed by atoms with E-state index in [0.29, 0.717) is 11.8 Å². The first-order chi connectivity index (χ1) is 7.92. The quantitative estimate of drug-likeness (QED) is 0.564. The minimum atomic E-state index is 0.608. The highest BCUT2D eigenvalue weighted by molar-refractivity contribution is 6.17. The van der Waals surface area contributed by atoms with Gasteiger partial charge in [0, 0.05) is 5.88 Å². The average Bonchev–Trinajstić information content (AvgIpc) is 2.35. The van der Waals surface area contributed by atoms with Crippen LogP contribution >= 0.6 is 11.6 Å². The molecule has 16 heavy (non-hydrogen) atoms. The van der Waals surface area contributed by atoms with Crippen LogP contribution in [0.5, 0.6) is 5.75 Å². The van der Waals surface area contributed by atoms with E-state index in [1.807, 2.05) is 6.07 Å². The lowest BCUT2D eigenvalue weighted by molar-refractivity contribution is 0.267. The smallest absolute Gasteiger partial charge is 0.122 e. The van der Waals surface area contributed by atoms with E-state index in [1.54, 1.807) is 0 Å². The predicted octanol–water partition coefficient (Wildman–Crippen LogP) is 4.13. The van der Waals surface area contributed by atoms with E-state index in [1.165, 1.54) is 5.56 Å². The van der Waals surface area contributed by atoms with Crippen LogP contribution in [0.15, 0.2) is 36.4 Å². The van der Waals surface area contributed by atoms with Crippen LogP contribution in [0, 0.1) is 0 Å².